The highest BCUT2D eigenvalue weighted by Gasteiger charge is 2.56. The second-order valence-corrected chi connectivity index (χ2v) is 11.7. The summed E-state index contributed by atoms with van der Waals surface area (Å²) in [5.74, 6) is 4.24. The first-order chi connectivity index (χ1) is 8.76. The first kappa shape index (κ1) is 12.8. The molecule has 2 heterocycles. The molecular formula is C16H20O2Si. The van der Waals surface area contributed by atoms with Gasteiger partial charge in [0.25, 0.3) is 0 Å². The maximum atomic E-state index is 6.01. The van der Waals surface area contributed by atoms with Gasteiger partial charge in [0, 0.05) is 11.1 Å². The summed E-state index contributed by atoms with van der Waals surface area (Å²) in [5, 5.41) is 0. The van der Waals surface area contributed by atoms with Crippen LogP contribution in [0.25, 0.3) is 0 Å². The molecule has 3 rings (SSSR count). The standard InChI is InChI=1S/C16H20O2Si/c1-16(2)15-14(17-15)12-10-11(6-7-13(12)18-16)8-9-19(3,4)5/h6-7,10,14-15H,1-5H3/t14-,15-/m0/s1. The van der Waals surface area contributed by atoms with Gasteiger partial charge in [-0.2, -0.15) is 0 Å². The number of hydrogen-bond donors (Lipinski definition) is 0. The van der Waals surface area contributed by atoms with Crippen molar-refractivity contribution < 1.29 is 9.47 Å². The average Bonchev–Trinajstić information content (AvgIpc) is 3.06. The third kappa shape index (κ3) is 2.43. The number of hydrogen-bond acceptors (Lipinski definition) is 2. The summed E-state index contributed by atoms with van der Waals surface area (Å²) in [7, 11) is -1.33. The number of fused-ring (bicyclic) bond motifs is 3. The molecule has 2 aliphatic heterocycles. The molecule has 1 aromatic rings. The summed E-state index contributed by atoms with van der Waals surface area (Å²) >= 11 is 0. The Kier molecular flexibility index (Phi) is 2.61. The van der Waals surface area contributed by atoms with E-state index in [0.717, 1.165) is 16.9 Å². The predicted octanol–water partition coefficient (Wildman–Crippen LogP) is 3.53. The van der Waals surface area contributed by atoms with Gasteiger partial charge in [0.2, 0.25) is 0 Å². The lowest BCUT2D eigenvalue weighted by Gasteiger charge is -2.29. The van der Waals surface area contributed by atoms with Crippen molar-refractivity contribution in [2.45, 2.75) is 51.3 Å². The largest absolute Gasteiger partial charge is 0.485 e. The molecule has 1 fully saturated rings. The average molecular weight is 272 g/mol. The van der Waals surface area contributed by atoms with Crippen molar-refractivity contribution in [1.29, 1.82) is 0 Å². The van der Waals surface area contributed by atoms with Gasteiger partial charge >= 0.3 is 0 Å². The summed E-state index contributed by atoms with van der Waals surface area (Å²) in [5.41, 5.74) is 5.41. The van der Waals surface area contributed by atoms with Crippen LogP contribution in [0.3, 0.4) is 0 Å². The van der Waals surface area contributed by atoms with Crippen LogP contribution in [0.2, 0.25) is 19.6 Å². The summed E-state index contributed by atoms with van der Waals surface area (Å²) in [4.78, 5) is 0. The van der Waals surface area contributed by atoms with E-state index >= 15 is 0 Å². The second-order valence-electron chi connectivity index (χ2n) is 6.94. The van der Waals surface area contributed by atoms with E-state index in [9.17, 15) is 0 Å². The highest BCUT2D eigenvalue weighted by atomic mass is 28.3. The van der Waals surface area contributed by atoms with Crippen LogP contribution >= 0.6 is 0 Å². The lowest BCUT2D eigenvalue weighted by atomic mass is 9.93. The summed E-state index contributed by atoms with van der Waals surface area (Å²) < 4.78 is 11.8. The Morgan fingerprint density at radius 1 is 1.21 bits per heavy atom. The molecule has 2 aliphatic rings. The fourth-order valence-electron chi connectivity index (χ4n) is 2.42. The van der Waals surface area contributed by atoms with Crippen molar-refractivity contribution in [3.63, 3.8) is 0 Å². The first-order valence-electron chi connectivity index (χ1n) is 6.78. The van der Waals surface area contributed by atoms with Crippen LogP contribution in [-0.2, 0) is 4.74 Å². The van der Waals surface area contributed by atoms with E-state index in [-0.39, 0.29) is 17.8 Å². The van der Waals surface area contributed by atoms with Gasteiger partial charge < -0.3 is 9.47 Å². The number of epoxide rings is 1. The van der Waals surface area contributed by atoms with E-state index in [2.05, 4.69) is 51.0 Å². The van der Waals surface area contributed by atoms with E-state index in [0.29, 0.717) is 0 Å². The maximum Gasteiger partial charge on any atom is 0.132 e. The Bertz CT molecular complexity index is 587. The summed E-state index contributed by atoms with van der Waals surface area (Å²) in [6.07, 6.45) is 0.396. The van der Waals surface area contributed by atoms with Gasteiger partial charge in [0.15, 0.2) is 0 Å². The Morgan fingerprint density at radius 2 is 1.95 bits per heavy atom. The van der Waals surface area contributed by atoms with Crippen molar-refractivity contribution in [3.05, 3.63) is 29.3 Å². The Morgan fingerprint density at radius 3 is 2.63 bits per heavy atom. The van der Waals surface area contributed by atoms with Gasteiger partial charge in [0.1, 0.15) is 31.6 Å². The normalized spacial score (nSPS) is 26.4. The third-order valence-corrected chi connectivity index (χ3v) is 4.32. The molecule has 0 bridgehead atoms. The fourth-order valence-corrected chi connectivity index (χ4v) is 2.94. The van der Waals surface area contributed by atoms with E-state index in [1.807, 2.05) is 12.1 Å². The second kappa shape index (κ2) is 3.88. The minimum Gasteiger partial charge on any atom is -0.485 e. The van der Waals surface area contributed by atoms with Crippen LogP contribution in [0.1, 0.15) is 31.1 Å². The van der Waals surface area contributed by atoms with Crippen molar-refractivity contribution in [3.8, 4) is 17.2 Å². The Balaban J connectivity index is 1.94. The zero-order chi connectivity index (χ0) is 13.8. The number of benzene rings is 1. The first-order valence-corrected chi connectivity index (χ1v) is 10.3. The SMILES string of the molecule is CC1(C)Oc2ccc(C#C[Si](C)(C)C)cc2[C@@H]2O[C@@H]21. The molecule has 0 amide bonds. The van der Waals surface area contributed by atoms with Gasteiger partial charge in [-0.25, -0.2) is 0 Å². The van der Waals surface area contributed by atoms with Gasteiger partial charge in [-0.1, -0.05) is 25.6 Å². The molecule has 1 aromatic carbocycles. The third-order valence-electron chi connectivity index (χ3n) is 3.45. The minimum absolute atomic E-state index is 0.195. The quantitative estimate of drug-likeness (QED) is 0.409. The summed E-state index contributed by atoms with van der Waals surface area (Å²) in [6, 6.07) is 6.20. The van der Waals surface area contributed by atoms with Crippen LogP contribution in [0.5, 0.6) is 5.75 Å². The van der Waals surface area contributed by atoms with Gasteiger partial charge in [-0.05, 0) is 32.0 Å². The maximum absolute atomic E-state index is 6.01. The molecule has 0 spiro atoms. The van der Waals surface area contributed by atoms with Crippen LogP contribution in [0.4, 0.5) is 0 Å². The molecular weight excluding hydrogens is 252 g/mol. The topological polar surface area (TPSA) is 21.8 Å². The molecule has 0 aromatic heterocycles. The van der Waals surface area contributed by atoms with E-state index in [1.165, 1.54) is 0 Å². The molecule has 3 heteroatoms. The van der Waals surface area contributed by atoms with Crippen LogP contribution < -0.4 is 4.74 Å². The molecule has 2 atom stereocenters. The molecule has 0 aliphatic carbocycles. The Labute approximate surface area is 116 Å². The number of rotatable bonds is 0. The van der Waals surface area contributed by atoms with E-state index in [4.69, 9.17) is 9.47 Å². The zero-order valence-corrected chi connectivity index (χ0v) is 13.2. The van der Waals surface area contributed by atoms with Gasteiger partial charge in [-0.3, -0.25) is 0 Å². The van der Waals surface area contributed by atoms with Crippen molar-refractivity contribution >= 4 is 8.07 Å². The van der Waals surface area contributed by atoms with Gasteiger partial charge in [-0.15, -0.1) is 5.54 Å². The molecule has 0 radical (unpaired) electrons. The van der Waals surface area contributed by atoms with E-state index in [1.54, 1.807) is 0 Å². The minimum atomic E-state index is -1.33. The zero-order valence-electron chi connectivity index (χ0n) is 12.2. The lowest BCUT2D eigenvalue weighted by Crippen LogP contribution is -2.37. The van der Waals surface area contributed by atoms with Crippen molar-refractivity contribution in [2.75, 3.05) is 0 Å². The van der Waals surface area contributed by atoms with Crippen molar-refractivity contribution in [2.24, 2.45) is 0 Å². The van der Waals surface area contributed by atoms with E-state index < -0.39 is 8.07 Å². The highest BCUT2D eigenvalue weighted by Crippen LogP contribution is 2.53. The Hall–Kier alpha value is -1.24. The van der Waals surface area contributed by atoms with Crippen LogP contribution in [-0.4, -0.2) is 19.8 Å². The highest BCUT2D eigenvalue weighted by molar-refractivity contribution is 6.83. The van der Waals surface area contributed by atoms with Crippen LogP contribution in [0.15, 0.2) is 18.2 Å². The van der Waals surface area contributed by atoms with Gasteiger partial charge in [0.05, 0.1) is 0 Å². The summed E-state index contributed by atoms with van der Waals surface area (Å²) in [6.45, 7) is 10.9. The monoisotopic (exact) mass is 272 g/mol. The van der Waals surface area contributed by atoms with Crippen LogP contribution in [0, 0.1) is 11.5 Å². The number of ether oxygens (including phenoxy) is 2. The molecule has 0 unspecified atom stereocenters. The van der Waals surface area contributed by atoms with Crippen molar-refractivity contribution in [1.82, 2.24) is 0 Å². The molecule has 2 nitrogen and oxygen atoms in total. The molecule has 19 heavy (non-hydrogen) atoms. The fraction of sp³-hybridized carbons (Fsp3) is 0.500. The molecule has 1 saturated heterocycles. The molecule has 100 valence electrons. The molecule has 0 N–H and O–H groups in total. The predicted molar refractivity (Wildman–Crippen MR) is 79.0 cm³/mol. The molecule has 0 saturated carbocycles. The lowest BCUT2D eigenvalue weighted by molar-refractivity contribution is 0.0725. The smallest absolute Gasteiger partial charge is 0.132 e.